The predicted molar refractivity (Wildman–Crippen MR) is 118 cm³/mol. The standard InChI is InChI=1S/C22H24ClNO2S2/c23-17-7-8-19-16(12-17)13-21(18-5-1-2-6-20(18)28-19)27-11-10-24-9-3-4-15(14-24)22(25)26/h1-2,5-8,12,15,21H,3-4,9-11,13-14H2,(H,25,26)/t15-,21?/m1/s1. The van der Waals surface area contributed by atoms with Crippen LogP contribution in [0.3, 0.4) is 0 Å². The lowest BCUT2D eigenvalue weighted by molar-refractivity contribution is -0.143. The number of piperidine rings is 1. The first-order valence-electron chi connectivity index (χ1n) is 9.72. The van der Waals surface area contributed by atoms with Crippen molar-refractivity contribution < 1.29 is 9.90 Å². The molecule has 2 atom stereocenters. The summed E-state index contributed by atoms with van der Waals surface area (Å²) in [5, 5.41) is 10.5. The first-order valence-corrected chi connectivity index (χ1v) is 12.0. The minimum Gasteiger partial charge on any atom is -0.481 e. The number of halogens is 1. The van der Waals surface area contributed by atoms with Crippen LogP contribution >= 0.6 is 35.1 Å². The van der Waals surface area contributed by atoms with Gasteiger partial charge in [0.25, 0.3) is 0 Å². The average molecular weight is 434 g/mol. The number of benzene rings is 2. The van der Waals surface area contributed by atoms with Gasteiger partial charge in [0.1, 0.15) is 0 Å². The van der Waals surface area contributed by atoms with Crippen molar-refractivity contribution >= 4 is 41.1 Å². The van der Waals surface area contributed by atoms with Crippen molar-refractivity contribution in [2.75, 3.05) is 25.4 Å². The van der Waals surface area contributed by atoms with Gasteiger partial charge in [-0.15, -0.1) is 0 Å². The summed E-state index contributed by atoms with van der Waals surface area (Å²) in [4.78, 5) is 16.2. The molecule has 0 radical (unpaired) electrons. The van der Waals surface area contributed by atoms with Gasteiger partial charge in [0, 0.05) is 38.9 Å². The van der Waals surface area contributed by atoms with Gasteiger partial charge in [0.05, 0.1) is 5.92 Å². The van der Waals surface area contributed by atoms with Gasteiger partial charge in [-0.3, -0.25) is 4.79 Å². The van der Waals surface area contributed by atoms with Crippen molar-refractivity contribution in [1.82, 2.24) is 4.90 Å². The molecule has 3 nitrogen and oxygen atoms in total. The van der Waals surface area contributed by atoms with Crippen LogP contribution in [-0.2, 0) is 11.2 Å². The van der Waals surface area contributed by atoms with Crippen molar-refractivity contribution in [3.63, 3.8) is 0 Å². The van der Waals surface area contributed by atoms with E-state index in [-0.39, 0.29) is 5.92 Å². The Morgan fingerprint density at radius 2 is 2.11 bits per heavy atom. The van der Waals surface area contributed by atoms with E-state index in [1.54, 1.807) is 0 Å². The lowest BCUT2D eigenvalue weighted by atomic mass is 9.98. The van der Waals surface area contributed by atoms with Crippen LogP contribution in [0.4, 0.5) is 0 Å². The van der Waals surface area contributed by atoms with E-state index in [1.807, 2.05) is 29.6 Å². The number of carboxylic acid groups (broad SMARTS) is 1. The Labute approximate surface area is 179 Å². The molecule has 0 aliphatic carbocycles. The topological polar surface area (TPSA) is 40.5 Å². The third-order valence-electron chi connectivity index (χ3n) is 5.49. The van der Waals surface area contributed by atoms with Gasteiger partial charge in [0.15, 0.2) is 0 Å². The number of carbonyl (C=O) groups is 1. The molecule has 2 aliphatic heterocycles. The van der Waals surface area contributed by atoms with E-state index in [1.165, 1.54) is 20.9 Å². The van der Waals surface area contributed by atoms with E-state index in [9.17, 15) is 9.90 Å². The van der Waals surface area contributed by atoms with Gasteiger partial charge in [-0.1, -0.05) is 41.6 Å². The highest BCUT2D eigenvalue weighted by Gasteiger charge is 2.26. The summed E-state index contributed by atoms with van der Waals surface area (Å²) in [6.45, 7) is 2.65. The van der Waals surface area contributed by atoms with Crippen LogP contribution in [0, 0.1) is 5.92 Å². The largest absolute Gasteiger partial charge is 0.481 e. The van der Waals surface area contributed by atoms with E-state index < -0.39 is 5.97 Å². The first-order chi connectivity index (χ1) is 13.6. The third kappa shape index (κ3) is 4.70. The number of hydrogen-bond acceptors (Lipinski definition) is 4. The Bertz CT molecular complexity index is 860. The highest BCUT2D eigenvalue weighted by Crippen LogP contribution is 2.46. The number of nitrogens with zero attached hydrogens (tertiary/aromatic N) is 1. The Morgan fingerprint density at radius 3 is 2.96 bits per heavy atom. The molecule has 0 aromatic heterocycles. The lowest BCUT2D eigenvalue weighted by Gasteiger charge is -2.30. The van der Waals surface area contributed by atoms with E-state index in [2.05, 4.69) is 41.3 Å². The van der Waals surface area contributed by atoms with E-state index >= 15 is 0 Å². The molecule has 1 fully saturated rings. The highest BCUT2D eigenvalue weighted by atomic mass is 35.5. The van der Waals surface area contributed by atoms with Gasteiger partial charge in [-0.25, -0.2) is 0 Å². The molecule has 28 heavy (non-hydrogen) atoms. The Morgan fingerprint density at radius 1 is 1.25 bits per heavy atom. The van der Waals surface area contributed by atoms with Crippen molar-refractivity contribution in [3.8, 4) is 0 Å². The Kier molecular flexibility index (Phi) is 6.56. The molecule has 4 rings (SSSR count). The number of aliphatic carboxylic acids is 1. The van der Waals surface area contributed by atoms with Crippen LogP contribution in [0.2, 0.25) is 5.02 Å². The smallest absolute Gasteiger partial charge is 0.307 e. The Balaban J connectivity index is 1.45. The summed E-state index contributed by atoms with van der Waals surface area (Å²) in [6.07, 6.45) is 2.77. The second-order valence-electron chi connectivity index (χ2n) is 7.43. The maximum atomic E-state index is 11.3. The normalized spacial score (nSPS) is 22.2. The van der Waals surface area contributed by atoms with Crippen LogP contribution < -0.4 is 0 Å². The number of hydrogen-bond donors (Lipinski definition) is 1. The summed E-state index contributed by atoms with van der Waals surface area (Å²) in [5.74, 6) is 0.148. The van der Waals surface area contributed by atoms with Crippen LogP contribution in [0.5, 0.6) is 0 Å². The summed E-state index contributed by atoms with van der Waals surface area (Å²) < 4.78 is 0. The molecule has 1 N–H and O–H groups in total. The summed E-state index contributed by atoms with van der Waals surface area (Å²) in [5.41, 5.74) is 2.71. The molecule has 1 saturated heterocycles. The average Bonchev–Trinajstić information content (AvgIpc) is 2.84. The number of carboxylic acids is 1. The van der Waals surface area contributed by atoms with Gasteiger partial charge >= 0.3 is 5.97 Å². The minimum absolute atomic E-state index is 0.206. The van der Waals surface area contributed by atoms with Crippen molar-refractivity contribution in [3.05, 3.63) is 58.6 Å². The van der Waals surface area contributed by atoms with E-state index in [0.29, 0.717) is 11.8 Å². The van der Waals surface area contributed by atoms with Crippen molar-refractivity contribution in [2.45, 2.75) is 34.3 Å². The zero-order valence-electron chi connectivity index (χ0n) is 15.6. The molecule has 2 aromatic rings. The molecule has 2 aromatic carbocycles. The maximum absolute atomic E-state index is 11.3. The fourth-order valence-corrected chi connectivity index (χ4v) is 6.73. The molecule has 0 saturated carbocycles. The van der Waals surface area contributed by atoms with Crippen molar-refractivity contribution in [1.29, 1.82) is 0 Å². The molecule has 6 heteroatoms. The second-order valence-corrected chi connectivity index (χ2v) is 10.3. The quantitative estimate of drug-likeness (QED) is 0.662. The van der Waals surface area contributed by atoms with Gasteiger partial charge in [0.2, 0.25) is 0 Å². The van der Waals surface area contributed by atoms with Crippen LogP contribution in [-0.4, -0.2) is 41.4 Å². The summed E-state index contributed by atoms with van der Waals surface area (Å²) in [6, 6.07) is 14.9. The number of fused-ring (bicyclic) bond motifs is 2. The molecule has 0 bridgehead atoms. The van der Waals surface area contributed by atoms with Crippen LogP contribution in [0.15, 0.2) is 52.3 Å². The second kappa shape index (κ2) is 9.12. The van der Waals surface area contributed by atoms with Gasteiger partial charge < -0.3 is 10.0 Å². The summed E-state index contributed by atoms with van der Waals surface area (Å²) >= 11 is 10.1. The summed E-state index contributed by atoms with van der Waals surface area (Å²) in [7, 11) is 0. The zero-order chi connectivity index (χ0) is 19.5. The number of likely N-dealkylation sites (tertiary alicyclic amines) is 1. The molecule has 0 amide bonds. The molecular formula is C22H24ClNO2S2. The maximum Gasteiger partial charge on any atom is 0.307 e. The van der Waals surface area contributed by atoms with Crippen LogP contribution in [0.25, 0.3) is 0 Å². The number of rotatable bonds is 5. The minimum atomic E-state index is -0.652. The number of thioether (sulfide) groups is 1. The first kappa shape index (κ1) is 20.1. The van der Waals surface area contributed by atoms with Gasteiger partial charge in [-0.05, 0) is 61.2 Å². The molecule has 2 aliphatic rings. The fourth-order valence-electron chi connectivity index (χ4n) is 4.01. The van der Waals surface area contributed by atoms with Gasteiger partial charge in [-0.2, -0.15) is 11.8 Å². The predicted octanol–water partition coefficient (Wildman–Crippen LogP) is 5.62. The third-order valence-corrected chi connectivity index (χ3v) is 8.18. The molecule has 1 unspecified atom stereocenters. The highest BCUT2D eigenvalue weighted by molar-refractivity contribution is 8.00. The van der Waals surface area contributed by atoms with E-state index in [0.717, 1.165) is 43.1 Å². The molecule has 148 valence electrons. The molecular weight excluding hydrogens is 410 g/mol. The lowest BCUT2D eigenvalue weighted by Crippen LogP contribution is -2.39. The van der Waals surface area contributed by atoms with E-state index in [4.69, 9.17) is 11.6 Å². The monoisotopic (exact) mass is 433 g/mol. The Hall–Kier alpha value is -1.14. The molecule has 0 spiro atoms. The zero-order valence-corrected chi connectivity index (χ0v) is 18.0. The fraction of sp³-hybridized carbons (Fsp3) is 0.409. The van der Waals surface area contributed by atoms with Crippen LogP contribution in [0.1, 0.15) is 29.2 Å². The molecule has 2 heterocycles. The SMILES string of the molecule is O=C(O)[C@@H]1CCCN(CCSC2Cc3cc(Cl)ccc3Sc3ccccc32)C1. The van der Waals surface area contributed by atoms with Crippen molar-refractivity contribution in [2.24, 2.45) is 5.92 Å².